The molecule has 0 unspecified atom stereocenters. The molecule has 2 heteroatoms. The molecule has 0 saturated carbocycles. The molecule has 2 rings (SSSR count). The second-order valence-corrected chi connectivity index (χ2v) is 5.33. The van der Waals surface area contributed by atoms with E-state index in [9.17, 15) is 0 Å². The van der Waals surface area contributed by atoms with E-state index in [1.54, 1.807) is 5.56 Å². The highest BCUT2D eigenvalue weighted by Gasteiger charge is 2.25. The van der Waals surface area contributed by atoms with Gasteiger partial charge in [-0.15, -0.1) is 0 Å². The maximum atomic E-state index is 3.57. The second kappa shape index (κ2) is 6.35. The molecule has 2 nitrogen and oxygen atoms in total. The van der Waals surface area contributed by atoms with Crippen molar-refractivity contribution in [2.45, 2.75) is 46.2 Å². The summed E-state index contributed by atoms with van der Waals surface area (Å²) in [5.41, 5.74) is 4.53. The van der Waals surface area contributed by atoms with Crippen molar-refractivity contribution in [3.63, 3.8) is 0 Å². The van der Waals surface area contributed by atoms with Crippen molar-refractivity contribution in [3.05, 3.63) is 34.9 Å². The fourth-order valence-corrected chi connectivity index (χ4v) is 3.13. The highest BCUT2D eigenvalue weighted by atomic mass is 15.2. The number of benzene rings is 1. The number of hydrogen-bond acceptors (Lipinski definition) is 2. The van der Waals surface area contributed by atoms with Crippen LogP contribution in [0.1, 0.15) is 49.4 Å². The predicted molar refractivity (Wildman–Crippen MR) is 77.8 cm³/mol. The van der Waals surface area contributed by atoms with Crippen molar-refractivity contribution < 1.29 is 0 Å². The summed E-state index contributed by atoms with van der Waals surface area (Å²) in [6.07, 6.45) is 2.47. The van der Waals surface area contributed by atoms with Gasteiger partial charge in [0.25, 0.3) is 0 Å². The molecule has 0 amide bonds. The Kier molecular flexibility index (Phi) is 4.79. The molecule has 100 valence electrons. The number of fused-ring (bicyclic) bond motifs is 1. The van der Waals surface area contributed by atoms with Crippen molar-refractivity contribution in [1.82, 2.24) is 10.2 Å². The van der Waals surface area contributed by atoms with Gasteiger partial charge in [-0.25, -0.2) is 0 Å². The van der Waals surface area contributed by atoms with E-state index in [4.69, 9.17) is 0 Å². The lowest BCUT2D eigenvalue weighted by Gasteiger charge is -2.37. The van der Waals surface area contributed by atoms with Gasteiger partial charge in [-0.1, -0.05) is 32.0 Å². The average Bonchev–Trinajstić information content (AvgIpc) is 2.38. The molecule has 1 heterocycles. The Hall–Kier alpha value is -0.860. The Labute approximate surface area is 111 Å². The van der Waals surface area contributed by atoms with Gasteiger partial charge in [0.2, 0.25) is 0 Å². The molecule has 0 saturated heterocycles. The van der Waals surface area contributed by atoms with Gasteiger partial charge in [-0.3, -0.25) is 4.90 Å². The van der Waals surface area contributed by atoms with Crippen LogP contribution in [0.5, 0.6) is 0 Å². The van der Waals surface area contributed by atoms with Crippen LogP contribution in [0.4, 0.5) is 0 Å². The fourth-order valence-electron chi connectivity index (χ4n) is 3.13. The van der Waals surface area contributed by atoms with Gasteiger partial charge in [0.1, 0.15) is 0 Å². The Morgan fingerprint density at radius 3 is 2.61 bits per heavy atom. The zero-order chi connectivity index (χ0) is 13.0. The van der Waals surface area contributed by atoms with Crippen molar-refractivity contribution >= 4 is 0 Å². The van der Waals surface area contributed by atoms with Crippen molar-refractivity contribution in [1.29, 1.82) is 0 Å². The summed E-state index contributed by atoms with van der Waals surface area (Å²) in [6, 6.07) is 7.28. The molecule has 0 radical (unpaired) electrons. The van der Waals surface area contributed by atoms with Gasteiger partial charge in [0.05, 0.1) is 0 Å². The third-order valence-corrected chi connectivity index (χ3v) is 3.86. The highest BCUT2D eigenvalue weighted by Crippen LogP contribution is 2.30. The number of aryl methyl sites for hydroxylation is 1. The van der Waals surface area contributed by atoms with Gasteiger partial charge in [-0.05, 0) is 49.5 Å². The van der Waals surface area contributed by atoms with Crippen LogP contribution < -0.4 is 5.32 Å². The third-order valence-electron chi connectivity index (χ3n) is 3.86. The quantitative estimate of drug-likeness (QED) is 0.858. The van der Waals surface area contributed by atoms with Gasteiger partial charge >= 0.3 is 0 Å². The summed E-state index contributed by atoms with van der Waals surface area (Å²) in [5, 5.41) is 3.57. The first-order valence-corrected chi connectivity index (χ1v) is 7.31. The number of nitrogens with one attached hydrogen (secondary N) is 1. The summed E-state index contributed by atoms with van der Waals surface area (Å²) < 4.78 is 0. The smallest absolute Gasteiger partial charge is 0.0478 e. The lowest BCUT2D eigenvalue weighted by molar-refractivity contribution is 0.184. The second-order valence-electron chi connectivity index (χ2n) is 5.33. The van der Waals surface area contributed by atoms with Crippen molar-refractivity contribution in [2.24, 2.45) is 0 Å². The van der Waals surface area contributed by atoms with Crippen LogP contribution in [0.3, 0.4) is 0 Å². The first-order valence-electron chi connectivity index (χ1n) is 7.31. The Morgan fingerprint density at radius 1 is 1.22 bits per heavy atom. The van der Waals surface area contributed by atoms with E-state index in [0.717, 1.165) is 13.1 Å². The molecule has 0 aliphatic carbocycles. The summed E-state index contributed by atoms with van der Waals surface area (Å²) in [7, 11) is 0. The van der Waals surface area contributed by atoms with Gasteiger partial charge in [0, 0.05) is 19.1 Å². The molecule has 18 heavy (non-hydrogen) atoms. The van der Waals surface area contributed by atoms with Crippen LogP contribution in [-0.4, -0.2) is 24.5 Å². The molecule has 1 aliphatic heterocycles. The molecular weight excluding hydrogens is 220 g/mol. The van der Waals surface area contributed by atoms with Crippen LogP contribution in [0.25, 0.3) is 0 Å². The first kappa shape index (κ1) is 13.6. The van der Waals surface area contributed by atoms with Crippen molar-refractivity contribution in [2.75, 3.05) is 19.6 Å². The van der Waals surface area contributed by atoms with Crippen LogP contribution >= 0.6 is 0 Å². The first-order chi connectivity index (χ1) is 8.77. The molecule has 0 bridgehead atoms. The van der Waals surface area contributed by atoms with E-state index in [-0.39, 0.29) is 0 Å². The van der Waals surface area contributed by atoms with E-state index < -0.39 is 0 Å². The average molecular weight is 246 g/mol. The predicted octanol–water partition coefficient (Wildman–Crippen LogP) is 3.26. The summed E-state index contributed by atoms with van der Waals surface area (Å²) in [6.45, 7) is 11.3. The minimum atomic E-state index is 0.565. The molecule has 1 atom stereocenters. The molecule has 0 fully saturated rings. The highest BCUT2D eigenvalue weighted by molar-refractivity contribution is 5.38. The summed E-state index contributed by atoms with van der Waals surface area (Å²) >= 11 is 0. The lowest BCUT2D eigenvalue weighted by Crippen LogP contribution is -2.41. The molecule has 0 spiro atoms. The monoisotopic (exact) mass is 246 g/mol. The van der Waals surface area contributed by atoms with Gasteiger partial charge in [0.15, 0.2) is 0 Å². The Bertz CT molecular complexity index is 381. The molecule has 1 N–H and O–H groups in total. The van der Waals surface area contributed by atoms with E-state index in [1.165, 1.54) is 37.1 Å². The van der Waals surface area contributed by atoms with E-state index >= 15 is 0 Å². The zero-order valence-corrected chi connectivity index (χ0v) is 12.0. The minimum Gasteiger partial charge on any atom is -0.311 e. The maximum absolute atomic E-state index is 3.57. The fraction of sp³-hybridized carbons (Fsp3) is 0.625. The topological polar surface area (TPSA) is 15.3 Å². The Morgan fingerprint density at radius 2 is 1.94 bits per heavy atom. The van der Waals surface area contributed by atoms with Crippen LogP contribution in [0.15, 0.2) is 18.2 Å². The lowest BCUT2D eigenvalue weighted by atomic mass is 9.91. The van der Waals surface area contributed by atoms with E-state index in [2.05, 4.69) is 49.2 Å². The number of rotatable bonds is 5. The van der Waals surface area contributed by atoms with Crippen LogP contribution in [0.2, 0.25) is 0 Å². The zero-order valence-electron chi connectivity index (χ0n) is 12.0. The maximum Gasteiger partial charge on any atom is 0.0478 e. The minimum absolute atomic E-state index is 0.565. The molecular formula is C16H26N2. The number of nitrogens with zero attached hydrogens (tertiary/aromatic N) is 1. The normalized spacial score (nSPS) is 19.0. The van der Waals surface area contributed by atoms with E-state index in [1.807, 2.05) is 0 Å². The molecule has 1 aromatic rings. The SMILES string of the molecule is CCCN(CCC)[C@H]1CNCc2cccc(C)c21. The van der Waals surface area contributed by atoms with Crippen LogP contribution in [-0.2, 0) is 6.54 Å². The Balaban J connectivity index is 2.29. The summed E-state index contributed by atoms with van der Waals surface area (Å²) in [5.74, 6) is 0. The largest absolute Gasteiger partial charge is 0.311 e. The molecule has 1 aromatic carbocycles. The third kappa shape index (κ3) is 2.76. The van der Waals surface area contributed by atoms with Crippen molar-refractivity contribution in [3.8, 4) is 0 Å². The van der Waals surface area contributed by atoms with Crippen LogP contribution in [0, 0.1) is 6.92 Å². The van der Waals surface area contributed by atoms with Gasteiger partial charge < -0.3 is 5.32 Å². The van der Waals surface area contributed by atoms with E-state index in [0.29, 0.717) is 6.04 Å². The van der Waals surface area contributed by atoms with Gasteiger partial charge in [-0.2, -0.15) is 0 Å². The summed E-state index contributed by atoms with van der Waals surface area (Å²) in [4.78, 5) is 2.65. The molecule has 0 aromatic heterocycles. The molecule has 1 aliphatic rings. The standard InChI is InChI=1S/C16H26N2/c1-4-9-18(10-5-2)15-12-17-11-14-8-6-7-13(3)16(14)15/h6-8,15,17H,4-5,9-12H2,1-3H3/t15-/m0/s1. The number of hydrogen-bond donors (Lipinski definition) is 1.